The molecule has 0 fully saturated rings. The molecule has 3 nitrogen and oxygen atoms in total. The molecule has 0 saturated heterocycles. The minimum Gasteiger partial charge on any atom is -0.383 e. The smallest absolute Gasteiger partial charge is 0.113 e. The van der Waals surface area contributed by atoms with E-state index in [0.29, 0.717) is 0 Å². The number of thiazole rings is 1. The fourth-order valence-corrected chi connectivity index (χ4v) is 2.40. The van der Waals surface area contributed by atoms with Gasteiger partial charge in [-0.05, 0) is 20.3 Å². The minimum absolute atomic E-state index is 0.0164. The summed E-state index contributed by atoms with van der Waals surface area (Å²) >= 11 is 1.72. The molecule has 1 aromatic rings. The van der Waals surface area contributed by atoms with E-state index in [-0.39, 0.29) is 5.54 Å². The molecule has 0 aliphatic heterocycles. The summed E-state index contributed by atoms with van der Waals surface area (Å²) in [5.74, 6) is 0. The predicted molar refractivity (Wildman–Crippen MR) is 64.4 cm³/mol. The molecular formula is C11H20N2OS. The summed E-state index contributed by atoms with van der Waals surface area (Å²) in [4.78, 5) is 4.55. The molecule has 15 heavy (non-hydrogen) atoms. The van der Waals surface area contributed by atoms with Gasteiger partial charge in [-0.2, -0.15) is 0 Å². The van der Waals surface area contributed by atoms with Crippen LogP contribution in [-0.2, 0) is 10.3 Å². The molecule has 4 heteroatoms. The van der Waals surface area contributed by atoms with Crippen LogP contribution in [-0.4, -0.2) is 25.2 Å². The van der Waals surface area contributed by atoms with Crippen molar-refractivity contribution in [3.05, 3.63) is 16.1 Å². The summed E-state index contributed by atoms with van der Waals surface area (Å²) in [6.07, 6.45) is 1.03. The van der Waals surface area contributed by atoms with Crippen molar-refractivity contribution in [1.82, 2.24) is 10.3 Å². The zero-order valence-corrected chi connectivity index (χ0v) is 10.8. The van der Waals surface area contributed by atoms with Gasteiger partial charge >= 0.3 is 0 Å². The molecule has 0 amide bonds. The third-order valence-electron chi connectivity index (χ3n) is 2.62. The van der Waals surface area contributed by atoms with Crippen molar-refractivity contribution >= 4 is 11.3 Å². The van der Waals surface area contributed by atoms with Crippen molar-refractivity contribution in [3.63, 3.8) is 0 Å². The molecular weight excluding hydrogens is 208 g/mol. The van der Waals surface area contributed by atoms with Crippen LogP contribution in [0.15, 0.2) is 5.38 Å². The van der Waals surface area contributed by atoms with E-state index in [4.69, 9.17) is 4.74 Å². The summed E-state index contributed by atoms with van der Waals surface area (Å²) in [6, 6.07) is 0. The number of hydrogen-bond acceptors (Lipinski definition) is 4. The number of ether oxygens (including phenoxy) is 1. The maximum absolute atomic E-state index is 5.04. The fourth-order valence-electron chi connectivity index (χ4n) is 1.39. The van der Waals surface area contributed by atoms with Gasteiger partial charge in [-0.15, -0.1) is 11.3 Å². The summed E-state index contributed by atoms with van der Waals surface area (Å²) in [6.45, 7) is 8.00. The number of methoxy groups -OCH3 is 1. The topological polar surface area (TPSA) is 34.1 Å². The molecule has 1 heterocycles. The van der Waals surface area contributed by atoms with Gasteiger partial charge in [0.1, 0.15) is 5.01 Å². The average molecular weight is 228 g/mol. The number of nitrogens with one attached hydrogen (secondary N) is 1. The van der Waals surface area contributed by atoms with Crippen LogP contribution in [0.3, 0.4) is 0 Å². The van der Waals surface area contributed by atoms with Gasteiger partial charge in [-0.1, -0.05) is 6.92 Å². The fraction of sp³-hybridized carbons (Fsp3) is 0.727. The van der Waals surface area contributed by atoms with Gasteiger partial charge in [0.2, 0.25) is 0 Å². The molecule has 0 bridgehead atoms. The Morgan fingerprint density at radius 2 is 2.33 bits per heavy atom. The lowest BCUT2D eigenvalue weighted by atomic mass is 10.00. The Morgan fingerprint density at radius 3 is 2.80 bits per heavy atom. The van der Waals surface area contributed by atoms with Gasteiger partial charge < -0.3 is 10.1 Å². The van der Waals surface area contributed by atoms with E-state index in [0.717, 1.165) is 25.3 Å². The summed E-state index contributed by atoms with van der Waals surface area (Å²) in [5.41, 5.74) is 1.08. The quantitative estimate of drug-likeness (QED) is 0.759. The zero-order valence-electron chi connectivity index (χ0n) is 9.96. The monoisotopic (exact) mass is 228 g/mol. The maximum atomic E-state index is 5.04. The molecule has 1 unspecified atom stereocenters. The molecule has 1 aromatic heterocycles. The second-order valence-corrected chi connectivity index (χ2v) is 4.76. The number of nitrogens with zero attached hydrogens (tertiary/aromatic N) is 1. The molecule has 0 aromatic carbocycles. The predicted octanol–water partition coefficient (Wildman–Crippen LogP) is 2.31. The van der Waals surface area contributed by atoms with Gasteiger partial charge in [-0.25, -0.2) is 4.98 Å². The Hall–Kier alpha value is -0.450. The van der Waals surface area contributed by atoms with E-state index in [1.54, 1.807) is 18.4 Å². The van der Waals surface area contributed by atoms with Gasteiger partial charge in [0.05, 0.1) is 12.1 Å². The van der Waals surface area contributed by atoms with E-state index in [1.807, 2.05) is 6.92 Å². The molecule has 1 N–H and O–H groups in total. The Bertz CT molecular complexity index is 301. The molecule has 0 radical (unpaired) electrons. The molecule has 0 spiro atoms. The highest BCUT2D eigenvalue weighted by Crippen LogP contribution is 2.27. The standard InChI is InChI=1S/C11H20N2OS/c1-5-11(3,12-6-7-14-4)10-13-9(2)8-15-10/h8,12H,5-7H2,1-4H3. The van der Waals surface area contributed by atoms with Crippen molar-refractivity contribution in [1.29, 1.82) is 0 Å². The van der Waals surface area contributed by atoms with Gasteiger partial charge in [0.25, 0.3) is 0 Å². The molecule has 0 aliphatic carbocycles. The molecule has 1 atom stereocenters. The van der Waals surface area contributed by atoms with Crippen LogP contribution < -0.4 is 5.32 Å². The highest BCUT2D eigenvalue weighted by atomic mass is 32.1. The van der Waals surface area contributed by atoms with E-state index in [2.05, 4.69) is 29.5 Å². The summed E-state index contributed by atoms with van der Waals surface area (Å²) < 4.78 is 5.04. The first kappa shape index (κ1) is 12.6. The largest absolute Gasteiger partial charge is 0.383 e. The van der Waals surface area contributed by atoms with E-state index in [1.165, 1.54) is 5.01 Å². The van der Waals surface area contributed by atoms with Crippen molar-refractivity contribution < 1.29 is 4.74 Å². The Balaban J connectivity index is 2.67. The second-order valence-electron chi connectivity index (χ2n) is 3.90. The number of hydrogen-bond donors (Lipinski definition) is 1. The lowest BCUT2D eigenvalue weighted by Crippen LogP contribution is -2.40. The first-order chi connectivity index (χ1) is 7.12. The Labute approximate surface area is 95.9 Å². The van der Waals surface area contributed by atoms with E-state index < -0.39 is 0 Å². The van der Waals surface area contributed by atoms with Crippen molar-refractivity contribution in [2.45, 2.75) is 32.7 Å². The lowest BCUT2D eigenvalue weighted by Gasteiger charge is -2.27. The first-order valence-electron chi connectivity index (χ1n) is 5.29. The third-order valence-corrected chi connectivity index (χ3v) is 3.84. The Kier molecular flexibility index (Phi) is 4.70. The highest BCUT2D eigenvalue weighted by molar-refractivity contribution is 7.09. The van der Waals surface area contributed by atoms with E-state index in [9.17, 15) is 0 Å². The van der Waals surface area contributed by atoms with Crippen LogP contribution in [0, 0.1) is 6.92 Å². The average Bonchev–Trinajstić information content (AvgIpc) is 2.65. The van der Waals surface area contributed by atoms with Crippen LogP contribution in [0.1, 0.15) is 31.0 Å². The summed E-state index contributed by atoms with van der Waals surface area (Å²) in [5, 5.41) is 6.76. The van der Waals surface area contributed by atoms with Crippen molar-refractivity contribution in [3.8, 4) is 0 Å². The van der Waals surface area contributed by atoms with Gasteiger partial charge in [0, 0.05) is 24.7 Å². The summed E-state index contributed by atoms with van der Waals surface area (Å²) in [7, 11) is 1.72. The van der Waals surface area contributed by atoms with Crippen LogP contribution in [0.5, 0.6) is 0 Å². The molecule has 86 valence electrons. The van der Waals surface area contributed by atoms with Gasteiger partial charge in [0.15, 0.2) is 0 Å². The van der Waals surface area contributed by atoms with Crippen LogP contribution in [0.2, 0.25) is 0 Å². The Morgan fingerprint density at radius 1 is 1.60 bits per heavy atom. The highest BCUT2D eigenvalue weighted by Gasteiger charge is 2.26. The van der Waals surface area contributed by atoms with Crippen LogP contribution in [0.25, 0.3) is 0 Å². The lowest BCUT2D eigenvalue weighted by molar-refractivity contribution is 0.185. The molecule has 0 aliphatic rings. The minimum atomic E-state index is -0.0164. The van der Waals surface area contributed by atoms with Crippen LogP contribution >= 0.6 is 11.3 Å². The molecule has 1 rings (SSSR count). The second kappa shape index (κ2) is 5.58. The number of rotatable bonds is 6. The normalized spacial score (nSPS) is 15.2. The third kappa shape index (κ3) is 3.26. The first-order valence-corrected chi connectivity index (χ1v) is 6.17. The van der Waals surface area contributed by atoms with Crippen LogP contribution in [0.4, 0.5) is 0 Å². The van der Waals surface area contributed by atoms with Crippen molar-refractivity contribution in [2.75, 3.05) is 20.3 Å². The number of aromatic nitrogens is 1. The van der Waals surface area contributed by atoms with Gasteiger partial charge in [-0.3, -0.25) is 0 Å². The molecule has 0 saturated carbocycles. The van der Waals surface area contributed by atoms with Crippen molar-refractivity contribution in [2.24, 2.45) is 0 Å². The number of aryl methyl sites for hydroxylation is 1. The SMILES string of the molecule is CCC(C)(NCCOC)c1nc(C)cs1. The zero-order chi connectivity index (χ0) is 11.3. The maximum Gasteiger partial charge on any atom is 0.113 e. The van der Waals surface area contributed by atoms with E-state index >= 15 is 0 Å².